The molecule has 1 aliphatic carbocycles. The maximum atomic E-state index is 11.4. The van der Waals surface area contributed by atoms with E-state index in [4.69, 9.17) is 11.5 Å². The van der Waals surface area contributed by atoms with Crippen LogP contribution in [-0.4, -0.2) is 23.0 Å². The topological polar surface area (TPSA) is 66.4 Å². The van der Waals surface area contributed by atoms with Crippen LogP contribution < -0.4 is 5.32 Å². The van der Waals surface area contributed by atoms with E-state index in [-0.39, 0.29) is 12.3 Å². The van der Waals surface area contributed by atoms with Gasteiger partial charge < -0.3 is 10.4 Å². The number of aliphatic carboxylic acids is 1. The highest BCUT2D eigenvalue weighted by Gasteiger charge is 2.24. The van der Waals surface area contributed by atoms with Crippen LogP contribution >= 0.6 is 0 Å². The van der Waals surface area contributed by atoms with Crippen LogP contribution in [0.5, 0.6) is 0 Å². The Morgan fingerprint density at radius 3 is 2.60 bits per heavy atom. The van der Waals surface area contributed by atoms with E-state index in [0.29, 0.717) is 12.3 Å². The van der Waals surface area contributed by atoms with E-state index in [1.165, 1.54) is 6.42 Å². The summed E-state index contributed by atoms with van der Waals surface area (Å²) in [6, 6.07) is -0.942. The van der Waals surface area contributed by atoms with Gasteiger partial charge in [-0.3, -0.25) is 4.79 Å². The van der Waals surface area contributed by atoms with Crippen LogP contribution in [0.15, 0.2) is 0 Å². The van der Waals surface area contributed by atoms with Gasteiger partial charge >= 0.3 is 5.97 Å². The van der Waals surface area contributed by atoms with Crippen LogP contribution in [-0.2, 0) is 9.59 Å². The zero-order valence-electron chi connectivity index (χ0n) is 8.53. The van der Waals surface area contributed by atoms with Gasteiger partial charge in [0.1, 0.15) is 6.04 Å². The number of carbonyl (C=O) groups is 2. The van der Waals surface area contributed by atoms with Crippen LogP contribution in [0.1, 0.15) is 32.1 Å². The molecule has 0 aromatic heterocycles. The van der Waals surface area contributed by atoms with Crippen LogP contribution in [0, 0.1) is 18.3 Å². The number of amides is 1. The SMILES string of the molecule is C#CCC(NC(=O)CC1CCC1)C(=O)O. The summed E-state index contributed by atoms with van der Waals surface area (Å²) in [6.07, 6.45) is 8.79. The number of terminal acetylenes is 1. The second kappa shape index (κ2) is 5.40. The third-order valence-electron chi connectivity index (χ3n) is 2.65. The summed E-state index contributed by atoms with van der Waals surface area (Å²) >= 11 is 0. The lowest BCUT2D eigenvalue weighted by Crippen LogP contribution is -2.41. The Morgan fingerprint density at radius 2 is 2.20 bits per heavy atom. The Kier molecular flexibility index (Phi) is 4.17. The molecule has 1 saturated carbocycles. The van der Waals surface area contributed by atoms with Gasteiger partial charge in [-0.05, 0) is 18.8 Å². The molecule has 4 nitrogen and oxygen atoms in total. The third kappa shape index (κ3) is 3.62. The van der Waals surface area contributed by atoms with E-state index in [9.17, 15) is 9.59 Å². The Labute approximate surface area is 89.0 Å². The second-order valence-electron chi connectivity index (χ2n) is 3.87. The molecule has 15 heavy (non-hydrogen) atoms. The smallest absolute Gasteiger partial charge is 0.327 e. The molecule has 0 aromatic carbocycles. The van der Waals surface area contributed by atoms with E-state index in [0.717, 1.165) is 12.8 Å². The number of hydrogen-bond acceptors (Lipinski definition) is 2. The summed E-state index contributed by atoms with van der Waals surface area (Å²) in [5.41, 5.74) is 0. The Morgan fingerprint density at radius 1 is 1.53 bits per heavy atom. The number of nitrogens with one attached hydrogen (secondary N) is 1. The van der Waals surface area contributed by atoms with E-state index in [1.54, 1.807) is 0 Å². The maximum Gasteiger partial charge on any atom is 0.327 e. The van der Waals surface area contributed by atoms with Gasteiger partial charge in [0.2, 0.25) is 5.91 Å². The molecular weight excluding hydrogens is 194 g/mol. The van der Waals surface area contributed by atoms with Crippen molar-refractivity contribution in [2.45, 2.75) is 38.1 Å². The molecule has 1 rings (SSSR count). The van der Waals surface area contributed by atoms with Crippen LogP contribution in [0.3, 0.4) is 0 Å². The first-order valence-electron chi connectivity index (χ1n) is 5.09. The van der Waals surface area contributed by atoms with Crippen molar-refractivity contribution in [2.24, 2.45) is 5.92 Å². The van der Waals surface area contributed by atoms with Gasteiger partial charge in [0, 0.05) is 12.8 Å². The molecular formula is C11H15NO3. The van der Waals surface area contributed by atoms with Crippen molar-refractivity contribution in [3.8, 4) is 12.3 Å². The fourth-order valence-electron chi connectivity index (χ4n) is 1.53. The van der Waals surface area contributed by atoms with Crippen LogP contribution in [0.4, 0.5) is 0 Å². The fourth-order valence-corrected chi connectivity index (χ4v) is 1.53. The standard InChI is InChI=1S/C11H15NO3/c1-2-4-9(11(14)15)12-10(13)7-8-5-3-6-8/h1,8-9H,3-7H2,(H,12,13)(H,14,15). The van der Waals surface area contributed by atoms with E-state index in [2.05, 4.69) is 11.2 Å². The van der Waals surface area contributed by atoms with Gasteiger partial charge in [0.15, 0.2) is 0 Å². The van der Waals surface area contributed by atoms with Crippen molar-refractivity contribution in [1.29, 1.82) is 0 Å². The normalized spacial score (nSPS) is 17.3. The maximum absolute atomic E-state index is 11.4. The second-order valence-corrected chi connectivity index (χ2v) is 3.87. The monoisotopic (exact) mass is 209 g/mol. The third-order valence-corrected chi connectivity index (χ3v) is 2.65. The van der Waals surface area contributed by atoms with Crippen LogP contribution in [0.2, 0.25) is 0 Å². The highest BCUT2D eigenvalue weighted by Crippen LogP contribution is 2.29. The molecule has 0 aliphatic heterocycles. The summed E-state index contributed by atoms with van der Waals surface area (Å²) in [7, 11) is 0. The zero-order valence-corrected chi connectivity index (χ0v) is 8.53. The minimum absolute atomic E-state index is 0.0335. The summed E-state index contributed by atoms with van der Waals surface area (Å²) in [4.78, 5) is 22.1. The van der Waals surface area contributed by atoms with E-state index in [1.807, 2.05) is 0 Å². The molecule has 2 N–H and O–H groups in total. The predicted molar refractivity (Wildman–Crippen MR) is 55.0 cm³/mol. The first-order valence-corrected chi connectivity index (χ1v) is 5.09. The Balaban J connectivity index is 2.33. The highest BCUT2D eigenvalue weighted by molar-refractivity contribution is 5.83. The first kappa shape index (κ1) is 11.6. The van der Waals surface area contributed by atoms with Gasteiger partial charge in [-0.15, -0.1) is 12.3 Å². The van der Waals surface area contributed by atoms with Crippen molar-refractivity contribution in [3.63, 3.8) is 0 Å². The lowest BCUT2D eigenvalue weighted by atomic mass is 9.83. The van der Waals surface area contributed by atoms with Gasteiger partial charge in [-0.25, -0.2) is 4.79 Å². The molecule has 0 aromatic rings. The molecule has 0 bridgehead atoms. The molecule has 82 valence electrons. The molecule has 1 amide bonds. The average molecular weight is 209 g/mol. The number of hydrogen-bond donors (Lipinski definition) is 2. The number of carboxylic acids is 1. The lowest BCUT2D eigenvalue weighted by Gasteiger charge is -2.25. The van der Waals surface area contributed by atoms with Gasteiger partial charge in [0.25, 0.3) is 0 Å². The molecule has 0 saturated heterocycles. The quantitative estimate of drug-likeness (QED) is 0.657. The molecule has 1 fully saturated rings. The van der Waals surface area contributed by atoms with E-state index < -0.39 is 12.0 Å². The van der Waals surface area contributed by atoms with Crippen molar-refractivity contribution in [2.75, 3.05) is 0 Å². The average Bonchev–Trinajstić information content (AvgIpc) is 2.10. The summed E-state index contributed by atoms with van der Waals surface area (Å²) in [6.45, 7) is 0. The van der Waals surface area contributed by atoms with Crippen molar-refractivity contribution in [3.05, 3.63) is 0 Å². The summed E-state index contributed by atoms with van der Waals surface area (Å²) < 4.78 is 0. The lowest BCUT2D eigenvalue weighted by molar-refractivity contribution is -0.141. The molecule has 0 radical (unpaired) electrons. The van der Waals surface area contributed by atoms with Gasteiger partial charge in [-0.1, -0.05) is 6.42 Å². The van der Waals surface area contributed by atoms with Crippen LogP contribution in [0.25, 0.3) is 0 Å². The largest absolute Gasteiger partial charge is 0.480 e. The van der Waals surface area contributed by atoms with Crippen molar-refractivity contribution >= 4 is 11.9 Å². The Bertz CT molecular complexity index is 289. The van der Waals surface area contributed by atoms with Gasteiger partial charge in [-0.2, -0.15) is 0 Å². The molecule has 0 spiro atoms. The molecule has 1 unspecified atom stereocenters. The molecule has 1 atom stereocenters. The number of carboxylic acid groups (broad SMARTS) is 1. The Hall–Kier alpha value is -1.50. The molecule has 1 aliphatic rings. The van der Waals surface area contributed by atoms with E-state index >= 15 is 0 Å². The van der Waals surface area contributed by atoms with Crippen molar-refractivity contribution < 1.29 is 14.7 Å². The highest BCUT2D eigenvalue weighted by atomic mass is 16.4. The summed E-state index contributed by atoms with van der Waals surface area (Å²) in [5.74, 6) is 1.40. The zero-order chi connectivity index (χ0) is 11.3. The summed E-state index contributed by atoms with van der Waals surface area (Å²) in [5, 5.41) is 11.2. The first-order chi connectivity index (χ1) is 7.13. The number of carbonyl (C=O) groups excluding carboxylic acids is 1. The molecule has 4 heteroatoms. The number of rotatable bonds is 5. The minimum Gasteiger partial charge on any atom is -0.480 e. The van der Waals surface area contributed by atoms with Crippen molar-refractivity contribution in [1.82, 2.24) is 5.32 Å². The van der Waals surface area contributed by atoms with Gasteiger partial charge in [0.05, 0.1) is 0 Å². The molecule has 0 heterocycles. The minimum atomic E-state index is -1.07. The predicted octanol–water partition coefficient (Wildman–Crippen LogP) is 0.769. The fraction of sp³-hybridized carbons (Fsp3) is 0.636.